The number of nitrogens with two attached hydrogens (primary N) is 1. The molecule has 1 saturated heterocycles. The summed E-state index contributed by atoms with van der Waals surface area (Å²) in [6.07, 6.45) is -5.33. The Kier molecular flexibility index (Phi) is 6.46. The number of aromatic nitrogens is 2. The highest BCUT2D eigenvalue weighted by Gasteiger charge is 2.39. The summed E-state index contributed by atoms with van der Waals surface area (Å²) in [6.45, 7) is 0.177. The molecule has 14 heteroatoms. The second-order valence-electron chi connectivity index (χ2n) is 8.46. The summed E-state index contributed by atoms with van der Waals surface area (Å²) in [7, 11) is 1.19. The molecular weight excluding hydrogens is 533 g/mol. The fourth-order valence-electron chi connectivity index (χ4n) is 4.57. The first kappa shape index (κ1) is 25.8. The maximum atomic E-state index is 16.2. The molecule has 8 nitrogen and oxygen atoms in total. The van der Waals surface area contributed by atoms with Crippen molar-refractivity contribution in [1.82, 2.24) is 15.3 Å². The molecule has 2 unspecified atom stereocenters. The minimum atomic E-state index is -5.08. The van der Waals surface area contributed by atoms with Crippen LogP contribution in [0.3, 0.4) is 0 Å². The second kappa shape index (κ2) is 9.50. The molecule has 3 heterocycles. The molecule has 38 heavy (non-hydrogen) atoms. The number of rotatable bonds is 5. The van der Waals surface area contributed by atoms with E-state index >= 15 is 4.39 Å². The average Bonchev–Trinajstić information content (AvgIpc) is 3.47. The first-order valence-corrected chi connectivity index (χ1v) is 12.0. The molecule has 0 bridgehead atoms. The number of nitriles is 1. The zero-order valence-corrected chi connectivity index (χ0v) is 20.3. The number of nitrogens with one attached hydrogen (secondary N) is 1. The molecule has 0 radical (unpaired) electrons. The van der Waals surface area contributed by atoms with Gasteiger partial charge in [0.25, 0.3) is 0 Å². The minimum Gasteiger partial charge on any atom is -0.472 e. The first-order chi connectivity index (χ1) is 18.1. The molecule has 2 aromatic carbocycles. The molecule has 1 aliphatic rings. The van der Waals surface area contributed by atoms with Crippen molar-refractivity contribution in [3.8, 4) is 29.1 Å². The molecule has 2 atom stereocenters. The van der Waals surface area contributed by atoms with Crippen LogP contribution >= 0.6 is 11.3 Å². The highest BCUT2D eigenvalue weighted by molar-refractivity contribution is 7.23. The molecule has 2 aromatic heterocycles. The highest BCUT2D eigenvalue weighted by atomic mass is 32.1. The van der Waals surface area contributed by atoms with Gasteiger partial charge in [0.2, 0.25) is 5.88 Å². The van der Waals surface area contributed by atoms with E-state index in [9.17, 15) is 27.9 Å². The third-order valence-electron chi connectivity index (χ3n) is 6.31. The van der Waals surface area contributed by atoms with Crippen LogP contribution in [0.25, 0.3) is 32.1 Å². The van der Waals surface area contributed by atoms with Gasteiger partial charge in [0, 0.05) is 10.9 Å². The normalized spacial score (nSPS) is 17.7. The monoisotopic (exact) mass is 551 g/mol. The number of hydrogen-bond acceptors (Lipinski definition) is 9. The molecule has 4 N–H and O–H groups in total. The fourth-order valence-corrected chi connectivity index (χ4v) is 5.52. The molecule has 198 valence electrons. The number of ether oxygens (including phenoxy) is 2. The summed E-state index contributed by atoms with van der Waals surface area (Å²) < 4.78 is 84.8. The Hall–Kier alpha value is -3.80. The molecule has 5 rings (SSSR count). The fraction of sp³-hybridized carbons (Fsp3) is 0.292. The van der Waals surface area contributed by atoms with Crippen LogP contribution in [0.2, 0.25) is 0 Å². The lowest BCUT2D eigenvalue weighted by Crippen LogP contribution is -2.37. The molecular formula is C24H18F5N5O3S. The smallest absolute Gasteiger partial charge is 0.417 e. The highest BCUT2D eigenvalue weighted by Crippen LogP contribution is 2.48. The number of benzene rings is 2. The van der Waals surface area contributed by atoms with Gasteiger partial charge in [-0.3, -0.25) is 0 Å². The van der Waals surface area contributed by atoms with E-state index in [0.717, 1.165) is 12.1 Å². The van der Waals surface area contributed by atoms with E-state index in [1.165, 1.54) is 7.11 Å². The van der Waals surface area contributed by atoms with Gasteiger partial charge in [-0.15, -0.1) is 11.3 Å². The number of fused-ring (bicyclic) bond motifs is 2. The van der Waals surface area contributed by atoms with E-state index in [1.807, 2.05) is 0 Å². The number of nitrogen functional groups attached to an aromatic ring is 1. The van der Waals surface area contributed by atoms with Crippen molar-refractivity contribution in [1.29, 1.82) is 5.26 Å². The maximum Gasteiger partial charge on any atom is 0.417 e. The standard InChI is InChI=1S/C24H18F5N5O3S/c1-36-23-33-19-10(22(34-23)37-15-4-5-32-14(15)8-35)6-12(24(27,28)29)17(18(19)26)9-2-3-13(25)20-16(9)11(7-30)21(31)38-20/h2-3,6,14-15,32,35H,4-5,8,31H2,1H3. The zero-order valence-electron chi connectivity index (χ0n) is 19.5. The van der Waals surface area contributed by atoms with Crippen LogP contribution < -0.4 is 20.5 Å². The van der Waals surface area contributed by atoms with Crippen molar-refractivity contribution in [2.45, 2.75) is 24.7 Å². The predicted molar refractivity (Wildman–Crippen MR) is 129 cm³/mol. The molecule has 0 amide bonds. The summed E-state index contributed by atoms with van der Waals surface area (Å²) in [5.74, 6) is -2.58. The van der Waals surface area contributed by atoms with Gasteiger partial charge >= 0.3 is 12.2 Å². The number of aliphatic hydroxyl groups excluding tert-OH is 1. The number of thiophene rings is 1. The van der Waals surface area contributed by atoms with Crippen molar-refractivity contribution < 1.29 is 36.5 Å². The Labute approximate surface area is 215 Å². The van der Waals surface area contributed by atoms with Crippen LogP contribution in [0.1, 0.15) is 17.5 Å². The quantitative estimate of drug-likeness (QED) is 0.312. The molecule has 0 aliphatic carbocycles. The summed E-state index contributed by atoms with van der Waals surface area (Å²) in [6, 6.07) is 3.39. The van der Waals surface area contributed by atoms with Crippen LogP contribution in [-0.4, -0.2) is 47.5 Å². The van der Waals surface area contributed by atoms with Crippen LogP contribution in [0, 0.1) is 23.0 Å². The van der Waals surface area contributed by atoms with Crippen molar-refractivity contribution in [3.05, 3.63) is 41.0 Å². The van der Waals surface area contributed by atoms with Gasteiger partial charge in [0.15, 0.2) is 5.82 Å². The summed E-state index contributed by atoms with van der Waals surface area (Å²) in [5.41, 5.74) is 2.30. The van der Waals surface area contributed by atoms with Crippen molar-refractivity contribution >= 4 is 37.3 Å². The largest absolute Gasteiger partial charge is 0.472 e. The first-order valence-electron chi connectivity index (χ1n) is 11.2. The van der Waals surface area contributed by atoms with Gasteiger partial charge in [-0.05, 0) is 30.7 Å². The number of nitrogens with zero attached hydrogens (tertiary/aromatic N) is 3. The topological polar surface area (TPSA) is 126 Å². The lowest BCUT2D eigenvalue weighted by Gasteiger charge is -2.21. The number of anilines is 1. The lowest BCUT2D eigenvalue weighted by atomic mass is 9.92. The second-order valence-corrected chi connectivity index (χ2v) is 9.52. The predicted octanol–water partition coefficient (Wildman–Crippen LogP) is 4.37. The SMILES string of the molecule is COc1nc(OC2CCNC2CO)c2cc(C(F)(F)F)c(-c3ccc(F)c4sc(N)c(C#N)c34)c(F)c2n1. The van der Waals surface area contributed by atoms with Gasteiger partial charge in [-0.2, -0.15) is 28.4 Å². The summed E-state index contributed by atoms with van der Waals surface area (Å²) in [5, 5.41) is 21.4. The third kappa shape index (κ3) is 4.12. The van der Waals surface area contributed by atoms with Crippen LogP contribution in [-0.2, 0) is 6.18 Å². The van der Waals surface area contributed by atoms with Crippen LogP contribution in [0.5, 0.6) is 11.9 Å². The van der Waals surface area contributed by atoms with Crippen molar-refractivity contribution in [3.63, 3.8) is 0 Å². The van der Waals surface area contributed by atoms with E-state index in [-0.39, 0.29) is 50.1 Å². The van der Waals surface area contributed by atoms with Crippen molar-refractivity contribution in [2.24, 2.45) is 0 Å². The van der Waals surface area contributed by atoms with Gasteiger partial charge in [-0.1, -0.05) is 6.07 Å². The molecule has 0 saturated carbocycles. The van der Waals surface area contributed by atoms with E-state index in [4.69, 9.17) is 15.2 Å². The van der Waals surface area contributed by atoms with Gasteiger partial charge < -0.3 is 25.6 Å². The number of methoxy groups -OCH3 is 1. The lowest BCUT2D eigenvalue weighted by molar-refractivity contribution is -0.137. The summed E-state index contributed by atoms with van der Waals surface area (Å²) in [4.78, 5) is 7.94. The Morgan fingerprint density at radius 3 is 2.71 bits per heavy atom. The average molecular weight is 551 g/mol. The maximum absolute atomic E-state index is 16.2. The Bertz CT molecular complexity index is 1620. The number of hydrogen-bond donors (Lipinski definition) is 3. The van der Waals surface area contributed by atoms with Gasteiger partial charge in [0.1, 0.15) is 28.5 Å². The zero-order chi connectivity index (χ0) is 27.4. The Morgan fingerprint density at radius 1 is 1.29 bits per heavy atom. The van der Waals surface area contributed by atoms with E-state index < -0.39 is 46.6 Å². The number of halogens is 5. The molecule has 1 fully saturated rings. The number of aliphatic hydroxyl groups is 1. The van der Waals surface area contributed by atoms with Crippen LogP contribution in [0.4, 0.5) is 27.0 Å². The van der Waals surface area contributed by atoms with Crippen molar-refractivity contribution in [2.75, 3.05) is 26.0 Å². The van der Waals surface area contributed by atoms with Gasteiger partial charge in [-0.25, -0.2) is 8.78 Å². The van der Waals surface area contributed by atoms with E-state index in [2.05, 4.69) is 15.3 Å². The van der Waals surface area contributed by atoms with E-state index in [0.29, 0.717) is 30.4 Å². The number of alkyl halides is 3. The van der Waals surface area contributed by atoms with Gasteiger partial charge in [0.05, 0.1) is 41.0 Å². The molecule has 4 aromatic rings. The Balaban J connectivity index is 1.85. The summed E-state index contributed by atoms with van der Waals surface area (Å²) >= 11 is 0.675. The molecule has 1 aliphatic heterocycles. The van der Waals surface area contributed by atoms with Crippen LogP contribution in [0.15, 0.2) is 18.2 Å². The molecule has 0 spiro atoms. The minimum absolute atomic E-state index is 0.119. The third-order valence-corrected chi connectivity index (χ3v) is 7.33. The van der Waals surface area contributed by atoms with E-state index in [1.54, 1.807) is 6.07 Å². The Morgan fingerprint density at radius 2 is 2.05 bits per heavy atom.